The molecule has 0 radical (unpaired) electrons. The zero-order valence-corrected chi connectivity index (χ0v) is 13.5. The van der Waals surface area contributed by atoms with Crippen molar-refractivity contribution in [2.75, 3.05) is 26.7 Å². The van der Waals surface area contributed by atoms with Crippen molar-refractivity contribution in [2.24, 2.45) is 0 Å². The van der Waals surface area contributed by atoms with Crippen molar-refractivity contribution in [3.05, 3.63) is 21.4 Å². The first-order chi connectivity index (χ1) is 9.58. The summed E-state index contributed by atoms with van der Waals surface area (Å²) in [7, 11) is 1.70. The number of piperidine rings is 1. The molecule has 4 nitrogen and oxygen atoms in total. The Kier molecular flexibility index (Phi) is 5.57. The van der Waals surface area contributed by atoms with Crippen LogP contribution in [0, 0.1) is 13.8 Å². The molecule has 0 spiro atoms. The summed E-state index contributed by atoms with van der Waals surface area (Å²) < 4.78 is 0. The van der Waals surface area contributed by atoms with Gasteiger partial charge in [0.05, 0.1) is 6.54 Å². The second-order valence-electron chi connectivity index (χ2n) is 5.54. The number of hydrogen-bond acceptors (Lipinski definition) is 4. The van der Waals surface area contributed by atoms with Crippen molar-refractivity contribution in [1.82, 2.24) is 15.5 Å². The van der Waals surface area contributed by atoms with E-state index >= 15 is 0 Å². The minimum atomic E-state index is 0.112. The molecule has 0 atom stereocenters. The van der Waals surface area contributed by atoms with Crippen LogP contribution in [-0.4, -0.2) is 43.5 Å². The Morgan fingerprint density at radius 2 is 2.10 bits per heavy atom. The van der Waals surface area contributed by atoms with Crippen LogP contribution in [-0.2, 0) is 11.3 Å². The van der Waals surface area contributed by atoms with Gasteiger partial charge in [-0.3, -0.25) is 9.69 Å². The Labute approximate surface area is 125 Å². The van der Waals surface area contributed by atoms with Gasteiger partial charge < -0.3 is 10.6 Å². The molecule has 1 aliphatic rings. The highest BCUT2D eigenvalue weighted by atomic mass is 32.1. The average Bonchev–Trinajstić information content (AvgIpc) is 2.76. The van der Waals surface area contributed by atoms with E-state index in [-0.39, 0.29) is 5.91 Å². The molecule has 5 heteroatoms. The molecule has 0 aromatic carbocycles. The second-order valence-corrected chi connectivity index (χ2v) is 7.00. The largest absolute Gasteiger partial charge is 0.358 e. The van der Waals surface area contributed by atoms with Crippen molar-refractivity contribution in [1.29, 1.82) is 0 Å². The fourth-order valence-corrected chi connectivity index (χ4v) is 3.64. The van der Waals surface area contributed by atoms with E-state index in [1.807, 2.05) is 11.3 Å². The topological polar surface area (TPSA) is 44.4 Å². The molecule has 0 unspecified atom stereocenters. The van der Waals surface area contributed by atoms with Gasteiger partial charge in [0.1, 0.15) is 0 Å². The molecule has 2 rings (SSSR count). The van der Waals surface area contributed by atoms with Crippen LogP contribution in [0.3, 0.4) is 0 Å². The van der Waals surface area contributed by atoms with Gasteiger partial charge in [-0.05, 0) is 38.3 Å². The molecule has 2 heterocycles. The maximum absolute atomic E-state index is 11.3. The zero-order valence-electron chi connectivity index (χ0n) is 12.7. The summed E-state index contributed by atoms with van der Waals surface area (Å²) in [6.07, 6.45) is 2.25. The number of aryl methyl sites for hydroxylation is 2. The van der Waals surface area contributed by atoms with E-state index in [1.165, 1.54) is 15.3 Å². The predicted molar refractivity (Wildman–Crippen MR) is 84.2 cm³/mol. The van der Waals surface area contributed by atoms with E-state index in [2.05, 4.69) is 35.4 Å². The van der Waals surface area contributed by atoms with Crippen LogP contribution in [0.15, 0.2) is 6.07 Å². The molecular weight excluding hydrogens is 270 g/mol. The Hall–Kier alpha value is -0.910. The monoisotopic (exact) mass is 295 g/mol. The van der Waals surface area contributed by atoms with E-state index in [9.17, 15) is 4.79 Å². The van der Waals surface area contributed by atoms with E-state index < -0.39 is 0 Å². The number of carbonyl (C=O) groups is 1. The molecule has 1 fully saturated rings. The molecule has 0 saturated carbocycles. The van der Waals surface area contributed by atoms with Crippen LogP contribution in [0.2, 0.25) is 0 Å². The number of rotatable bonds is 5. The lowest BCUT2D eigenvalue weighted by atomic mass is 10.0. The Morgan fingerprint density at radius 3 is 2.65 bits per heavy atom. The summed E-state index contributed by atoms with van der Waals surface area (Å²) in [5.74, 6) is 0.112. The molecule has 0 bridgehead atoms. The van der Waals surface area contributed by atoms with Gasteiger partial charge in [-0.15, -0.1) is 11.3 Å². The normalized spacial score (nSPS) is 17.4. The van der Waals surface area contributed by atoms with Crippen LogP contribution in [0.5, 0.6) is 0 Å². The summed E-state index contributed by atoms with van der Waals surface area (Å²) in [5.41, 5.74) is 1.43. The van der Waals surface area contributed by atoms with Gasteiger partial charge in [-0.2, -0.15) is 0 Å². The third-order valence-electron chi connectivity index (χ3n) is 3.96. The Bertz CT molecular complexity index is 450. The first-order valence-electron chi connectivity index (χ1n) is 7.30. The van der Waals surface area contributed by atoms with Crippen molar-refractivity contribution in [3.8, 4) is 0 Å². The Morgan fingerprint density at radius 1 is 1.40 bits per heavy atom. The summed E-state index contributed by atoms with van der Waals surface area (Å²) in [6, 6.07) is 2.86. The van der Waals surface area contributed by atoms with E-state index in [0.29, 0.717) is 12.6 Å². The number of likely N-dealkylation sites (N-methyl/N-ethyl adjacent to an activating group) is 1. The van der Waals surface area contributed by atoms with E-state index in [4.69, 9.17) is 0 Å². The van der Waals surface area contributed by atoms with Crippen molar-refractivity contribution < 1.29 is 4.79 Å². The maximum Gasteiger partial charge on any atom is 0.233 e. The number of amides is 1. The molecule has 1 aromatic rings. The van der Waals surface area contributed by atoms with E-state index in [0.717, 1.165) is 32.5 Å². The quantitative estimate of drug-likeness (QED) is 0.868. The van der Waals surface area contributed by atoms with E-state index in [1.54, 1.807) is 7.05 Å². The highest BCUT2D eigenvalue weighted by molar-refractivity contribution is 7.12. The van der Waals surface area contributed by atoms with Crippen LogP contribution in [0.1, 0.15) is 28.2 Å². The summed E-state index contributed by atoms with van der Waals surface area (Å²) in [5, 5.41) is 6.34. The fourth-order valence-electron chi connectivity index (χ4n) is 2.69. The summed E-state index contributed by atoms with van der Waals surface area (Å²) >= 11 is 1.87. The van der Waals surface area contributed by atoms with Crippen LogP contribution >= 0.6 is 11.3 Å². The highest BCUT2D eigenvalue weighted by Crippen LogP contribution is 2.21. The smallest absolute Gasteiger partial charge is 0.233 e. The van der Waals surface area contributed by atoms with Crippen LogP contribution in [0.25, 0.3) is 0 Å². The van der Waals surface area contributed by atoms with Gasteiger partial charge in [-0.1, -0.05) is 0 Å². The first kappa shape index (κ1) is 15.5. The lowest BCUT2D eigenvalue weighted by molar-refractivity contribution is -0.122. The number of carbonyl (C=O) groups excluding carboxylic acids is 1. The summed E-state index contributed by atoms with van der Waals surface area (Å²) in [6.45, 7) is 7.88. The third kappa shape index (κ3) is 4.30. The second kappa shape index (κ2) is 7.20. The van der Waals surface area contributed by atoms with Crippen molar-refractivity contribution in [3.63, 3.8) is 0 Å². The molecule has 1 saturated heterocycles. The standard InChI is InChI=1S/C15H25N3OS/c1-11-8-13(12(2)20-11)9-17-14-4-6-18(7-5-14)10-15(19)16-3/h8,14,17H,4-7,9-10H2,1-3H3,(H,16,19). The summed E-state index contributed by atoms with van der Waals surface area (Å²) in [4.78, 5) is 16.4. The van der Waals surface area contributed by atoms with Gasteiger partial charge in [0.15, 0.2) is 0 Å². The molecule has 2 N–H and O–H groups in total. The SMILES string of the molecule is CNC(=O)CN1CCC(NCc2cc(C)sc2C)CC1. The van der Waals surface area contributed by atoms with Crippen LogP contribution in [0.4, 0.5) is 0 Å². The lowest BCUT2D eigenvalue weighted by Gasteiger charge is -2.31. The fraction of sp³-hybridized carbons (Fsp3) is 0.667. The molecule has 0 aliphatic carbocycles. The average molecular weight is 295 g/mol. The number of hydrogen-bond donors (Lipinski definition) is 2. The van der Waals surface area contributed by atoms with Crippen molar-refractivity contribution in [2.45, 2.75) is 39.3 Å². The molecule has 1 amide bonds. The number of nitrogens with one attached hydrogen (secondary N) is 2. The molecule has 1 aliphatic heterocycles. The van der Waals surface area contributed by atoms with Gasteiger partial charge in [-0.25, -0.2) is 0 Å². The third-order valence-corrected chi connectivity index (χ3v) is 4.97. The lowest BCUT2D eigenvalue weighted by Crippen LogP contribution is -2.45. The Balaban J connectivity index is 1.72. The zero-order chi connectivity index (χ0) is 14.5. The molecular formula is C15H25N3OS. The van der Waals surface area contributed by atoms with Gasteiger partial charge >= 0.3 is 0 Å². The minimum Gasteiger partial charge on any atom is -0.358 e. The van der Waals surface area contributed by atoms with Gasteiger partial charge in [0.25, 0.3) is 0 Å². The van der Waals surface area contributed by atoms with Crippen LogP contribution < -0.4 is 10.6 Å². The van der Waals surface area contributed by atoms with Gasteiger partial charge in [0.2, 0.25) is 5.91 Å². The number of nitrogens with zero attached hydrogens (tertiary/aromatic N) is 1. The molecule has 1 aromatic heterocycles. The predicted octanol–water partition coefficient (Wildman–Crippen LogP) is 1.66. The minimum absolute atomic E-state index is 0.112. The maximum atomic E-state index is 11.3. The molecule has 112 valence electrons. The number of likely N-dealkylation sites (tertiary alicyclic amines) is 1. The highest BCUT2D eigenvalue weighted by Gasteiger charge is 2.20. The van der Waals surface area contributed by atoms with Gasteiger partial charge in [0, 0.05) is 42.5 Å². The van der Waals surface area contributed by atoms with Crippen molar-refractivity contribution >= 4 is 17.2 Å². The first-order valence-corrected chi connectivity index (χ1v) is 8.12. The number of thiophene rings is 1. The molecule has 20 heavy (non-hydrogen) atoms.